The van der Waals surface area contributed by atoms with Crippen molar-refractivity contribution >= 4 is 33.0 Å². The predicted octanol–water partition coefficient (Wildman–Crippen LogP) is -11.1. The fraction of sp³-hybridized carbons (Fsp3) is 1.00. The van der Waals surface area contributed by atoms with Gasteiger partial charge in [-0.25, -0.2) is 0 Å². The molecule has 0 aromatic rings. The summed E-state index contributed by atoms with van der Waals surface area (Å²) in [5.74, 6) is 0. The smallest absolute Gasteiger partial charge is 0.781 e. The second kappa shape index (κ2) is 44.6. The van der Waals surface area contributed by atoms with Crippen molar-refractivity contribution in [2.24, 2.45) is 0 Å². The van der Waals surface area contributed by atoms with Gasteiger partial charge in [-0.15, -0.1) is 0 Å². The van der Waals surface area contributed by atoms with Crippen LogP contribution < -0.4 is 138 Å². The molecule has 4 unspecified atom stereocenters. The quantitative estimate of drug-likeness (QED) is 0.119. The fourth-order valence-corrected chi connectivity index (χ4v) is 2.82. The molecule has 0 heterocycles. The van der Waals surface area contributed by atoms with E-state index in [1.165, 1.54) is 57.8 Å². The number of aliphatic hydroxyl groups is 1. The van der Waals surface area contributed by atoms with Crippen LogP contribution in [0.3, 0.4) is 0 Å². The minimum absolute atomic E-state index is 0. The Morgan fingerprint density at radius 2 is 0.774 bits per heavy atom. The molecular weight excluding hydrogens is 536 g/mol. The van der Waals surface area contributed by atoms with Gasteiger partial charge in [0.05, 0.1) is 0 Å². The third kappa shape index (κ3) is 72.0. The average Bonchev–Trinajstić information content (AvgIpc) is 2.52. The minimum atomic E-state index is -3.51. The van der Waals surface area contributed by atoms with Gasteiger partial charge >= 0.3 is 118 Å². The molecule has 0 aliphatic heterocycles. The van der Waals surface area contributed by atoms with E-state index < -0.39 is 33.0 Å². The summed E-state index contributed by atoms with van der Waals surface area (Å²) in [6.07, 6.45) is 13.3. The molecule has 0 aliphatic carbocycles. The maximum Gasteiger partial charge on any atom is 1.00 e. The van der Waals surface area contributed by atoms with Crippen LogP contribution in [0.25, 0.3) is 0 Å². The molecule has 0 spiro atoms. The molecule has 0 bridgehead atoms. The van der Waals surface area contributed by atoms with Crippen LogP contribution in [0.4, 0.5) is 0 Å². The van der Waals surface area contributed by atoms with E-state index in [9.17, 15) is 37.8 Å². The van der Waals surface area contributed by atoms with Crippen molar-refractivity contribution in [3.05, 3.63) is 0 Å². The Morgan fingerprint density at radius 3 is 0.935 bits per heavy atom. The molecule has 0 saturated carbocycles. The number of hydrogen-bond donors (Lipinski definition) is 1. The van der Waals surface area contributed by atoms with Crippen molar-refractivity contribution in [2.45, 2.75) is 71.1 Å². The summed E-state index contributed by atoms with van der Waals surface area (Å²) < 4.78 is 43.6. The maximum atomic E-state index is 9.29. The van der Waals surface area contributed by atoms with Crippen LogP contribution in [0.15, 0.2) is 0 Å². The third-order valence-corrected chi connectivity index (χ3v) is 5.51. The van der Waals surface area contributed by atoms with Gasteiger partial charge in [0.1, 0.15) is 33.0 Å². The van der Waals surface area contributed by atoms with Crippen molar-refractivity contribution in [2.75, 3.05) is 6.61 Å². The summed E-state index contributed by atoms with van der Waals surface area (Å²) in [4.78, 5) is 37.1. The van der Waals surface area contributed by atoms with Gasteiger partial charge in [0.15, 0.2) is 0 Å². The van der Waals surface area contributed by atoms with Crippen molar-refractivity contribution < 1.29 is 170 Å². The van der Waals surface area contributed by atoms with Crippen LogP contribution in [0, 0.1) is 0 Å². The zero-order valence-corrected chi connectivity index (χ0v) is 31.3. The van der Waals surface area contributed by atoms with E-state index in [0.717, 1.165) is 6.42 Å². The van der Waals surface area contributed by atoms with Crippen LogP contribution in [-0.4, -0.2) is 11.7 Å². The Labute approximate surface area is 276 Å². The monoisotopic (exact) mass is 566 g/mol. The van der Waals surface area contributed by atoms with Crippen LogP contribution in [-0.2, 0) is 26.9 Å². The van der Waals surface area contributed by atoms with E-state index in [4.69, 9.17) is 5.11 Å². The van der Waals surface area contributed by atoms with E-state index in [2.05, 4.69) is 15.5 Å². The Hall–Kier alpha value is 4.64. The average molecular weight is 566 g/mol. The molecule has 0 radical (unpaired) electrons. The van der Waals surface area contributed by atoms with Crippen molar-refractivity contribution in [1.29, 1.82) is 0 Å². The molecule has 0 amide bonds. The molecule has 4 atom stereocenters. The minimum Gasteiger partial charge on any atom is -0.781 e. The zero-order chi connectivity index (χ0) is 21.5. The van der Waals surface area contributed by atoms with Crippen LogP contribution >= 0.6 is 33.0 Å². The Morgan fingerprint density at radius 1 is 0.548 bits per heavy atom. The normalized spacial score (nSPS) is 12.8. The molecule has 0 saturated heterocycles. The Balaban J connectivity index is -0.0000000560. The first-order valence-electron chi connectivity index (χ1n) is 8.47. The third-order valence-electron chi connectivity index (χ3n) is 2.85. The topological polar surface area (TPSA) is 199 Å². The summed E-state index contributed by atoms with van der Waals surface area (Å²) in [5.41, 5.74) is 0. The molecule has 0 fully saturated rings. The van der Waals surface area contributed by atoms with Crippen molar-refractivity contribution in [1.82, 2.24) is 0 Å². The molecule has 0 aromatic heterocycles. The molecule has 11 nitrogen and oxygen atoms in total. The predicted molar refractivity (Wildman–Crippen MR) is 97.1 cm³/mol. The van der Waals surface area contributed by atoms with Gasteiger partial charge in [-0.05, 0) is 6.42 Å². The van der Waals surface area contributed by atoms with Gasteiger partial charge in [-0.2, -0.15) is 0 Å². The van der Waals surface area contributed by atoms with E-state index >= 15 is 0 Å². The number of hydrogen-bond acceptors (Lipinski definition) is 11. The number of rotatable bonds is 14. The van der Waals surface area contributed by atoms with E-state index in [1.807, 2.05) is 0 Å². The SMILES string of the molecule is CCCCCCCCCCCCO.O=[PH]([O-])O[PH](=O)[O-].O=[PH]([O-])O[PH](=O)[O-].[Na+].[Na+].[Na+].[Na+]. The standard InChI is InChI=1S/C12H26O.4Na.2H4O5P2/c1-2-3-4-5-6-7-8-9-10-11-12-13;;;;;2*1-6(2)5-7(3)4/h13H,2-12H2,1H3;;;;;2*6-7H,(H,1,2)(H,3,4)/q;4*+1;;/p-4. The molecule has 1 N–H and O–H groups in total. The molecule has 168 valence electrons. The number of aliphatic hydroxyl groups excluding tert-OH is 1. The fourth-order valence-electron chi connectivity index (χ4n) is 1.74. The van der Waals surface area contributed by atoms with Gasteiger partial charge in [-0.3, -0.25) is 8.62 Å². The summed E-state index contributed by atoms with van der Waals surface area (Å²) in [5, 5.41) is 8.57. The van der Waals surface area contributed by atoms with E-state index in [-0.39, 0.29) is 118 Å². The second-order valence-corrected chi connectivity index (χ2v) is 8.74. The van der Waals surface area contributed by atoms with Gasteiger partial charge in [-0.1, -0.05) is 64.7 Å². The van der Waals surface area contributed by atoms with Crippen molar-refractivity contribution in [3.63, 3.8) is 0 Å². The first kappa shape index (κ1) is 52.1. The largest absolute Gasteiger partial charge is 1.00 e. The van der Waals surface area contributed by atoms with E-state index in [1.54, 1.807) is 0 Å². The second-order valence-electron chi connectivity index (χ2n) is 5.11. The van der Waals surface area contributed by atoms with Gasteiger partial charge < -0.3 is 42.9 Å². The van der Waals surface area contributed by atoms with Crippen LogP contribution in [0.2, 0.25) is 0 Å². The Kier molecular flexibility index (Phi) is 75.0. The molecule has 0 aliphatic rings. The summed E-state index contributed by atoms with van der Waals surface area (Å²) in [7, 11) is -14.1. The zero-order valence-electron chi connectivity index (χ0n) is 19.3. The first-order valence-corrected chi connectivity index (χ1v) is 13.4. The van der Waals surface area contributed by atoms with Gasteiger partial charge in [0, 0.05) is 6.61 Å². The molecule has 19 heteroatoms. The first-order chi connectivity index (χ1) is 12.7. The molecular formula is C12H30Na4O11P4. The summed E-state index contributed by atoms with van der Waals surface area (Å²) in [6, 6.07) is 0. The number of unbranched alkanes of at least 4 members (excludes halogenated alkanes) is 9. The van der Waals surface area contributed by atoms with Gasteiger partial charge in [0.2, 0.25) is 0 Å². The van der Waals surface area contributed by atoms with E-state index in [0.29, 0.717) is 6.61 Å². The molecule has 0 aromatic carbocycles. The summed E-state index contributed by atoms with van der Waals surface area (Å²) in [6.45, 7) is 2.63. The maximum absolute atomic E-state index is 9.29. The molecule has 31 heavy (non-hydrogen) atoms. The van der Waals surface area contributed by atoms with Crippen molar-refractivity contribution in [3.8, 4) is 0 Å². The van der Waals surface area contributed by atoms with Crippen LogP contribution in [0.1, 0.15) is 71.1 Å². The Bertz CT molecular complexity index is 366. The van der Waals surface area contributed by atoms with Crippen LogP contribution in [0.5, 0.6) is 0 Å². The molecule has 0 rings (SSSR count). The summed E-state index contributed by atoms with van der Waals surface area (Å²) >= 11 is 0. The van der Waals surface area contributed by atoms with Gasteiger partial charge in [0.25, 0.3) is 0 Å².